The van der Waals surface area contributed by atoms with E-state index in [1.54, 1.807) is 12.1 Å². The minimum absolute atomic E-state index is 0.0620. The Labute approximate surface area is 145 Å². The molecule has 0 aliphatic rings. The molecule has 0 radical (unpaired) electrons. The standard InChI is InChI=1S/C20H19NO4/c22-11-13-24-18-9-5-4-8-16(18)14-21-20(23)19-17(10-12-25-19)15-6-2-1-3-7-15/h1-10,12,22H,11,13-14H2,(H,21,23). The molecule has 0 aliphatic carbocycles. The van der Waals surface area contributed by atoms with Crippen molar-refractivity contribution in [1.29, 1.82) is 0 Å². The second-order valence-corrected chi connectivity index (χ2v) is 5.39. The molecule has 0 aliphatic heterocycles. The largest absolute Gasteiger partial charge is 0.491 e. The molecule has 25 heavy (non-hydrogen) atoms. The molecule has 5 heteroatoms. The molecule has 0 spiro atoms. The average Bonchev–Trinajstić information content (AvgIpc) is 3.15. The molecule has 1 amide bonds. The number of furan rings is 1. The van der Waals surface area contributed by atoms with E-state index in [0.29, 0.717) is 12.3 Å². The summed E-state index contributed by atoms with van der Waals surface area (Å²) in [6.07, 6.45) is 1.51. The van der Waals surface area contributed by atoms with Crippen LogP contribution in [0, 0.1) is 0 Å². The van der Waals surface area contributed by atoms with Crippen LogP contribution in [0.2, 0.25) is 0 Å². The highest BCUT2D eigenvalue weighted by molar-refractivity contribution is 5.98. The fourth-order valence-electron chi connectivity index (χ4n) is 2.53. The lowest BCUT2D eigenvalue weighted by atomic mass is 10.1. The summed E-state index contributed by atoms with van der Waals surface area (Å²) in [6.45, 7) is 0.449. The van der Waals surface area contributed by atoms with Crippen LogP contribution < -0.4 is 10.1 Å². The highest BCUT2D eigenvalue weighted by Gasteiger charge is 2.17. The quantitative estimate of drug-likeness (QED) is 0.694. The Morgan fingerprint density at radius 1 is 1.04 bits per heavy atom. The normalized spacial score (nSPS) is 10.4. The van der Waals surface area contributed by atoms with E-state index in [0.717, 1.165) is 16.7 Å². The third kappa shape index (κ3) is 4.08. The van der Waals surface area contributed by atoms with Gasteiger partial charge in [-0.1, -0.05) is 48.5 Å². The van der Waals surface area contributed by atoms with E-state index in [1.807, 2.05) is 48.5 Å². The maximum absolute atomic E-state index is 12.5. The lowest BCUT2D eigenvalue weighted by Gasteiger charge is -2.11. The van der Waals surface area contributed by atoms with E-state index in [4.69, 9.17) is 14.3 Å². The third-order valence-electron chi connectivity index (χ3n) is 3.72. The van der Waals surface area contributed by atoms with Gasteiger partial charge >= 0.3 is 0 Å². The molecular weight excluding hydrogens is 318 g/mol. The van der Waals surface area contributed by atoms with Gasteiger partial charge < -0.3 is 19.6 Å². The molecule has 0 fully saturated rings. The molecule has 5 nitrogen and oxygen atoms in total. The van der Waals surface area contributed by atoms with Gasteiger partial charge in [0.15, 0.2) is 5.76 Å². The number of para-hydroxylation sites is 1. The van der Waals surface area contributed by atoms with Gasteiger partial charge in [0.05, 0.1) is 12.9 Å². The van der Waals surface area contributed by atoms with Crippen molar-refractivity contribution in [2.45, 2.75) is 6.54 Å². The number of benzene rings is 2. The van der Waals surface area contributed by atoms with Gasteiger partial charge in [0, 0.05) is 17.7 Å². The molecule has 2 aromatic carbocycles. The Kier molecular flexibility index (Phi) is 5.49. The monoisotopic (exact) mass is 337 g/mol. The fraction of sp³-hybridized carbons (Fsp3) is 0.150. The molecule has 0 atom stereocenters. The second kappa shape index (κ2) is 8.17. The molecule has 0 unspecified atom stereocenters. The molecule has 0 bridgehead atoms. The zero-order valence-corrected chi connectivity index (χ0v) is 13.6. The summed E-state index contributed by atoms with van der Waals surface area (Å²) in [5.74, 6) is 0.625. The maximum Gasteiger partial charge on any atom is 0.287 e. The van der Waals surface area contributed by atoms with Crippen molar-refractivity contribution in [2.24, 2.45) is 0 Å². The van der Waals surface area contributed by atoms with Crippen LogP contribution in [0.3, 0.4) is 0 Å². The SMILES string of the molecule is O=C(NCc1ccccc1OCCO)c1occc1-c1ccccc1. The topological polar surface area (TPSA) is 71.7 Å². The zero-order valence-electron chi connectivity index (χ0n) is 13.6. The van der Waals surface area contributed by atoms with Crippen molar-refractivity contribution in [3.05, 3.63) is 78.3 Å². The molecule has 128 valence electrons. The summed E-state index contributed by atoms with van der Waals surface area (Å²) in [5.41, 5.74) is 2.51. The minimum atomic E-state index is -0.291. The van der Waals surface area contributed by atoms with Crippen molar-refractivity contribution >= 4 is 5.91 Å². The lowest BCUT2D eigenvalue weighted by molar-refractivity contribution is 0.0923. The molecule has 3 rings (SSSR count). The summed E-state index contributed by atoms with van der Waals surface area (Å²) in [6, 6.07) is 18.8. The Hall–Kier alpha value is -3.05. The molecule has 1 heterocycles. The number of rotatable bonds is 7. The second-order valence-electron chi connectivity index (χ2n) is 5.39. The number of ether oxygens (including phenoxy) is 1. The van der Waals surface area contributed by atoms with Gasteiger partial charge in [0.2, 0.25) is 0 Å². The first kappa shape index (κ1) is 16.8. The fourth-order valence-corrected chi connectivity index (χ4v) is 2.53. The van der Waals surface area contributed by atoms with Crippen molar-refractivity contribution in [1.82, 2.24) is 5.32 Å². The highest BCUT2D eigenvalue weighted by atomic mass is 16.5. The van der Waals surface area contributed by atoms with E-state index >= 15 is 0 Å². The van der Waals surface area contributed by atoms with E-state index in [1.165, 1.54) is 6.26 Å². The van der Waals surface area contributed by atoms with Crippen molar-refractivity contribution < 1.29 is 19.1 Å². The van der Waals surface area contributed by atoms with E-state index in [2.05, 4.69) is 5.32 Å². The predicted octanol–water partition coefficient (Wildman–Crippen LogP) is 3.25. The molecule has 2 N–H and O–H groups in total. The number of nitrogens with one attached hydrogen (secondary N) is 1. The average molecular weight is 337 g/mol. The van der Waals surface area contributed by atoms with Crippen molar-refractivity contribution in [3.8, 4) is 16.9 Å². The Bertz CT molecular complexity index is 826. The van der Waals surface area contributed by atoms with E-state index in [-0.39, 0.29) is 24.9 Å². The highest BCUT2D eigenvalue weighted by Crippen LogP contribution is 2.25. The number of carbonyl (C=O) groups excluding carboxylic acids is 1. The van der Waals surface area contributed by atoms with Gasteiger partial charge in [0.25, 0.3) is 5.91 Å². The summed E-state index contributed by atoms with van der Waals surface area (Å²) < 4.78 is 10.9. The number of hydrogen-bond donors (Lipinski definition) is 2. The first-order valence-electron chi connectivity index (χ1n) is 8.02. The number of aliphatic hydroxyl groups excluding tert-OH is 1. The van der Waals surface area contributed by atoms with Crippen LogP contribution in [0.15, 0.2) is 71.3 Å². The molecule has 0 saturated heterocycles. The van der Waals surface area contributed by atoms with Crippen molar-refractivity contribution in [3.63, 3.8) is 0 Å². The first-order valence-corrected chi connectivity index (χ1v) is 8.02. The number of hydrogen-bond acceptors (Lipinski definition) is 4. The van der Waals surface area contributed by atoms with Crippen LogP contribution in [0.4, 0.5) is 0 Å². The van der Waals surface area contributed by atoms with E-state index < -0.39 is 0 Å². The number of amides is 1. The van der Waals surface area contributed by atoms with Gasteiger partial charge in [-0.15, -0.1) is 0 Å². The van der Waals surface area contributed by atoms with Crippen LogP contribution in [-0.4, -0.2) is 24.2 Å². The van der Waals surface area contributed by atoms with Crippen molar-refractivity contribution in [2.75, 3.05) is 13.2 Å². The van der Waals surface area contributed by atoms with Crippen LogP contribution in [-0.2, 0) is 6.54 Å². The van der Waals surface area contributed by atoms with E-state index in [9.17, 15) is 4.79 Å². The summed E-state index contributed by atoms with van der Waals surface area (Å²) in [7, 11) is 0. The molecule has 3 aromatic rings. The Balaban J connectivity index is 1.72. The maximum atomic E-state index is 12.5. The van der Waals surface area contributed by atoms with Gasteiger partial charge in [-0.25, -0.2) is 0 Å². The van der Waals surface area contributed by atoms with Gasteiger partial charge in [-0.05, 0) is 17.7 Å². The number of aliphatic hydroxyl groups is 1. The van der Waals surface area contributed by atoms with Crippen LogP contribution >= 0.6 is 0 Å². The zero-order chi connectivity index (χ0) is 17.5. The summed E-state index contributed by atoms with van der Waals surface area (Å²) >= 11 is 0. The minimum Gasteiger partial charge on any atom is -0.491 e. The van der Waals surface area contributed by atoms with Crippen LogP contribution in [0.1, 0.15) is 16.1 Å². The third-order valence-corrected chi connectivity index (χ3v) is 3.72. The molecule has 0 saturated carbocycles. The van der Waals surface area contributed by atoms with Crippen LogP contribution in [0.5, 0.6) is 5.75 Å². The predicted molar refractivity (Wildman–Crippen MR) is 94.3 cm³/mol. The van der Waals surface area contributed by atoms with Crippen LogP contribution in [0.25, 0.3) is 11.1 Å². The van der Waals surface area contributed by atoms with Gasteiger partial charge in [-0.3, -0.25) is 4.79 Å². The number of carbonyl (C=O) groups is 1. The van der Waals surface area contributed by atoms with Gasteiger partial charge in [-0.2, -0.15) is 0 Å². The molecular formula is C20H19NO4. The first-order chi connectivity index (χ1) is 12.3. The molecule has 1 aromatic heterocycles. The smallest absolute Gasteiger partial charge is 0.287 e. The Morgan fingerprint density at radius 2 is 1.80 bits per heavy atom. The summed E-state index contributed by atoms with van der Waals surface area (Å²) in [4.78, 5) is 12.5. The lowest BCUT2D eigenvalue weighted by Crippen LogP contribution is -2.23. The Morgan fingerprint density at radius 3 is 2.60 bits per heavy atom. The van der Waals surface area contributed by atoms with Gasteiger partial charge in [0.1, 0.15) is 12.4 Å². The summed E-state index contributed by atoms with van der Waals surface area (Å²) in [5, 5.41) is 11.7.